The van der Waals surface area contributed by atoms with Crippen molar-refractivity contribution >= 4 is 5.91 Å². The molecule has 4 nitrogen and oxygen atoms in total. The molecule has 0 spiro atoms. The molecule has 1 aromatic carbocycles. The second-order valence-electron chi connectivity index (χ2n) is 4.14. The van der Waals surface area contributed by atoms with E-state index >= 15 is 0 Å². The van der Waals surface area contributed by atoms with Gasteiger partial charge in [0.2, 0.25) is 5.91 Å². The van der Waals surface area contributed by atoms with Gasteiger partial charge in [0.25, 0.3) is 0 Å². The van der Waals surface area contributed by atoms with Crippen LogP contribution in [0.3, 0.4) is 0 Å². The Kier molecular flexibility index (Phi) is 6.22. The van der Waals surface area contributed by atoms with E-state index in [2.05, 4.69) is 10.6 Å². The normalized spacial score (nSPS) is 11.9. The average Bonchev–Trinajstić information content (AvgIpc) is 2.42. The van der Waals surface area contributed by atoms with Crippen LogP contribution in [0.15, 0.2) is 24.3 Å². The Bertz CT molecular complexity index is 380. The monoisotopic (exact) mass is 250 g/mol. The SMILES string of the molecule is CCNCCNC(=O)C(C)c1cccc(OC)c1. The molecule has 0 radical (unpaired) electrons. The summed E-state index contributed by atoms with van der Waals surface area (Å²) in [6, 6.07) is 7.61. The van der Waals surface area contributed by atoms with Crippen LogP contribution in [-0.2, 0) is 4.79 Å². The summed E-state index contributed by atoms with van der Waals surface area (Å²) in [6.07, 6.45) is 0. The molecule has 0 fully saturated rings. The van der Waals surface area contributed by atoms with Crippen LogP contribution in [0.1, 0.15) is 25.3 Å². The van der Waals surface area contributed by atoms with Crippen LogP contribution < -0.4 is 15.4 Å². The summed E-state index contributed by atoms with van der Waals surface area (Å²) >= 11 is 0. The topological polar surface area (TPSA) is 50.4 Å². The number of carbonyl (C=O) groups excluding carboxylic acids is 1. The Morgan fingerprint density at radius 1 is 1.39 bits per heavy atom. The fourth-order valence-electron chi connectivity index (χ4n) is 1.67. The van der Waals surface area contributed by atoms with Crippen molar-refractivity contribution in [2.75, 3.05) is 26.7 Å². The number of amides is 1. The third kappa shape index (κ3) is 4.37. The molecule has 0 heterocycles. The molecule has 0 aliphatic rings. The smallest absolute Gasteiger partial charge is 0.227 e. The lowest BCUT2D eigenvalue weighted by Crippen LogP contribution is -2.34. The molecule has 0 bridgehead atoms. The molecule has 0 aliphatic carbocycles. The summed E-state index contributed by atoms with van der Waals surface area (Å²) in [4.78, 5) is 11.9. The van der Waals surface area contributed by atoms with Gasteiger partial charge in [0.1, 0.15) is 5.75 Å². The molecule has 4 heteroatoms. The van der Waals surface area contributed by atoms with Gasteiger partial charge in [0.15, 0.2) is 0 Å². The highest BCUT2D eigenvalue weighted by Gasteiger charge is 2.14. The van der Waals surface area contributed by atoms with E-state index in [-0.39, 0.29) is 11.8 Å². The first-order chi connectivity index (χ1) is 8.69. The number of nitrogens with one attached hydrogen (secondary N) is 2. The van der Waals surface area contributed by atoms with Crippen molar-refractivity contribution in [3.63, 3.8) is 0 Å². The van der Waals surface area contributed by atoms with E-state index in [1.54, 1.807) is 7.11 Å². The Morgan fingerprint density at radius 3 is 2.83 bits per heavy atom. The molecule has 100 valence electrons. The summed E-state index contributed by atoms with van der Waals surface area (Å²) in [6.45, 7) is 6.31. The second-order valence-corrected chi connectivity index (χ2v) is 4.14. The van der Waals surface area contributed by atoms with E-state index < -0.39 is 0 Å². The lowest BCUT2D eigenvalue weighted by molar-refractivity contribution is -0.122. The van der Waals surface area contributed by atoms with E-state index in [9.17, 15) is 4.79 Å². The van der Waals surface area contributed by atoms with E-state index in [0.717, 1.165) is 24.4 Å². The maximum atomic E-state index is 11.9. The molecule has 2 N–H and O–H groups in total. The third-order valence-corrected chi connectivity index (χ3v) is 2.84. The quantitative estimate of drug-likeness (QED) is 0.721. The number of methoxy groups -OCH3 is 1. The number of rotatable bonds is 7. The van der Waals surface area contributed by atoms with Gasteiger partial charge in [-0.15, -0.1) is 0 Å². The van der Waals surface area contributed by atoms with Gasteiger partial charge in [-0.05, 0) is 31.2 Å². The Morgan fingerprint density at radius 2 is 2.17 bits per heavy atom. The van der Waals surface area contributed by atoms with Gasteiger partial charge < -0.3 is 15.4 Å². The lowest BCUT2D eigenvalue weighted by atomic mass is 10.0. The first kappa shape index (κ1) is 14.5. The van der Waals surface area contributed by atoms with Crippen molar-refractivity contribution in [3.05, 3.63) is 29.8 Å². The highest BCUT2D eigenvalue weighted by Crippen LogP contribution is 2.20. The molecule has 0 aromatic heterocycles. The first-order valence-electron chi connectivity index (χ1n) is 6.31. The van der Waals surface area contributed by atoms with Gasteiger partial charge in [-0.1, -0.05) is 19.1 Å². The van der Waals surface area contributed by atoms with Crippen molar-refractivity contribution in [2.45, 2.75) is 19.8 Å². The van der Waals surface area contributed by atoms with Crippen molar-refractivity contribution in [1.29, 1.82) is 0 Å². The number of likely N-dealkylation sites (N-methyl/N-ethyl adjacent to an activating group) is 1. The Balaban J connectivity index is 2.51. The standard InChI is InChI=1S/C14H22N2O2/c1-4-15-8-9-16-14(17)11(2)12-6-5-7-13(10-12)18-3/h5-7,10-11,15H,4,8-9H2,1-3H3,(H,16,17). The van der Waals surface area contributed by atoms with Crippen LogP contribution >= 0.6 is 0 Å². The zero-order valence-corrected chi connectivity index (χ0v) is 11.3. The maximum Gasteiger partial charge on any atom is 0.227 e. The summed E-state index contributed by atoms with van der Waals surface area (Å²) in [5.41, 5.74) is 0.968. The average molecular weight is 250 g/mol. The molecule has 0 saturated heterocycles. The number of ether oxygens (including phenoxy) is 1. The Hall–Kier alpha value is -1.55. The molecule has 18 heavy (non-hydrogen) atoms. The predicted molar refractivity (Wildman–Crippen MR) is 73.0 cm³/mol. The van der Waals surface area contributed by atoms with Crippen LogP contribution in [-0.4, -0.2) is 32.7 Å². The van der Waals surface area contributed by atoms with Crippen LogP contribution in [0.25, 0.3) is 0 Å². The van der Waals surface area contributed by atoms with Crippen LogP contribution in [0.5, 0.6) is 5.75 Å². The number of hydrogen-bond acceptors (Lipinski definition) is 3. The highest BCUT2D eigenvalue weighted by atomic mass is 16.5. The summed E-state index contributed by atoms with van der Waals surface area (Å²) in [5.74, 6) is 0.655. The van der Waals surface area contributed by atoms with E-state index in [4.69, 9.17) is 4.74 Å². The van der Waals surface area contributed by atoms with Crippen molar-refractivity contribution < 1.29 is 9.53 Å². The van der Waals surface area contributed by atoms with Crippen molar-refractivity contribution in [3.8, 4) is 5.75 Å². The minimum Gasteiger partial charge on any atom is -0.497 e. The van der Waals surface area contributed by atoms with E-state index in [1.807, 2.05) is 38.1 Å². The lowest BCUT2D eigenvalue weighted by Gasteiger charge is -2.13. The van der Waals surface area contributed by atoms with Gasteiger partial charge in [0, 0.05) is 13.1 Å². The maximum absolute atomic E-state index is 11.9. The van der Waals surface area contributed by atoms with Gasteiger partial charge in [-0.25, -0.2) is 0 Å². The number of benzene rings is 1. The molecule has 1 aromatic rings. The molecule has 1 rings (SSSR count). The zero-order valence-electron chi connectivity index (χ0n) is 11.3. The Labute approximate surface area is 109 Å². The summed E-state index contributed by atoms with van der Waals surface area (Å²) < 4.78 is 5.16. The highest BCUT2D eigenvalue weighted by molar-refractivity contribution is 5.83. The largest absolute Gasteiger partial charge is 0.497 e. The van der Waals surface area contributed by atoms with Crippen LogP contribution in [0.2, 0.25) is 0 Å². The van der Waals surface area contributed by atoms with Gasteiger partial charge in [-0.2, -0.15) is 0 Å². The third-order valence-electron chi connectivity index (χ3n) is 2.84. The zero-order chi connectivity index (χ0) is 13.4. The summed E-state index contributed by atoms with van der Waals surface area (Å²) in [7, 11) is 1.63. The first-order valence-corrected chi connectivity index (χ1v) is 6.31. The van der Waals surface area contributed by atoms with Crippen LogP contribution in [0.4, 0.5) is 0 Å². The van der Waals surface area contributed by atoms with Gasteiger partial charge >= 0.3 is 0 Å². The number of carbonyl (C=O) groups is 1. The fourth-order valence-corrected chi connectivity index (χ4v) is 1.67. The predicted octanol–water partition coefficient (Wildman–Crippen LogP) is 1.52. The molecule has 0 saturated carbocycles. The molecule has 1 unspecified atom stereocenters. The molecule has 1 amide bonds. The minimum atomic E-state index is -0.165. The van der Waals surface area contributed by atoms with Crippen molar-refractivity contribution in [1.82, 2.24) is 10.6 Å². The fraction of sp³-hybridized carbons (Fsp3) is 0.500. The van der Waals surface area contributed by atoms with Gasteiger partial charge in [0.05, 0.1) is 13.0 Å². The number of hydrogen-bond donors (Lipinski definition) is 2. The van der Waals surface area contributed by atoms with Crippen molar-refractivity contribution in [2.24, 2.45) is 0 Å². The van der Waals surface area contributed by atoms with Gasteiger partial charge in [-0.3, -0.25) is 4.79 Å². The molecular formula is C14H22N2O2. The second kappa shape index (κ2) is 7.71. The molecular weight excluding hydrogens is 228 g/mol. The summed E-state index contributed by atoms with van der Waals surface area (Å²) in [5, 5.41) is 6.08. The molecule has 1 atom stereocenters. The minimum absolute atomic E-state index is 0.0427. The van der Waals surface area contributed by atoms with E-state index in [0.29, 0.717) is 6.54 Å². The van der Waals surface area contributed by atoms with E-state index in [1.165, 1.54) is 0 Å². The van der Waals surface area contributed by atoms with Crippen LogP contribution in [0, 0.1) is 0 Å². The molecule has 0 aliphatic heterocycles.